The van der Waals surface area contributed by atoms with Crippen LogP contribution in [0.25, 0.3) is 0 Å². The Morgan fingerprint density at radius 3 is 2.41 bits per heavy atom. The fraction of sp³-hybridized carbons (Fsp3) is 0.100. The van der Waals surface area contributed by atoms with Gasteiger partial charge in [0, 0.05) is 18.1 Å². The molecule has 1 aromatic heterocycles. The summed E-state index contributed by atoms with van der Waals surface area (Å²) in [5.74, 6) is -0.133. The number of benzene rings is 2. The SMILES string of the molecule is O=C1Cc2cc(S(=O)(=O)NC(c3ccccc3)c3ccncc3)ccc2N1. The van der Waals surface area contributed by atoms with Crippen molar-refractivity contribution in [3.63, 3.8) is 0 Å². The van der Waals surface area contributed by atoms with E-state index < -0.39 is 16.1 Å². The number of anilines is 1. The van der Waals surface area contributed by atoms with Crippen molar-refractivity contribution in [2.24, 2.45) is 0 Å². The molecule has 0 spiro atoms. The zero-order valence-electron chi connectivity index (χ0n) is 14.3. The lowest BCUT2D eigenvalue weighted by Gasteiger charge is -2.20. The number of fused-ring (bicyclic) bond motifs is 1. The Morgan fingerprint density at radius 2 is 1.67 bits per heavy atom. The van der Waals surface area contributed by atoms with Crippen LogP contribution >= 0.6 is 0 Å². The first-order valence-corrected chi connectivity index (χ1v) is 9.91. The molecule has 3 aromatic rings. The van der Waals surface area contributed by atoms with Gasteiger partial charge in [0.1, 0.15) is 0 Å². The van der Waals surface area contributed by atoms with E-state index in [0.717, 1.165) is 11.1 Å². The molecule has 0 bridgehead atoms. The molecule has 136 valence electrons. The largest absolute Gasteiger partial charge is 0.326 e. The predicted molar refractivity (Wildman–Crippen MR) is 102 cm³/mol. The van der Waals surface area contributed by atoms with Gasteiger partial charge < -0.3 is 5.32 Å². The third kappa shape index (κ3) is 3.60. The summed E-state index contributed by atoms with van der Waals surface area (Å²) in [5.41, 5.74) is 2.96. The summed E-state index contributed by atoms with van der Waals surface area (Å²) >= 11 is 0. The second-order valence-electron chi connectivity index (χ2n) is 6.29. The summed E-state index contributed by atoms with van der Waals surface area (Å²) in [6.45, 7) is 0. The first kappa shape index (κ1) is 17.4. The van der Waals surface area contributed by atoms with Crippen molar-refractivity contribution in [2.75, 3.05) is 5.32 Å². The lowest BCUT2D eigenvalue weighted by molar-refractivity contribution is -0.115. The molecule has 2 N–H and O–H groups in total. The molecule has 2 aromatic carbocycles. The van der Waals surface area contributed by atoms with E-state index in [9.17, 15) is 13.2 Å². The molecule has 2 heterocycles. The quantitative estimate of drug-likeness (QED) is 0.713. The second kappa shape index (κ2) is 6.94. The molecule has 27 heavy (non-hydrogen) atoms. The number of carbonyl (C=O) groups excluding carboxylic acids is 1. The second-order valence-corrected chi connectivity index (χ2v) is 8.00. The molecule has 0 fully saturated rings. The molecule has 7 heteroatoms. The van der Waals surface area contributed by atoms with Gasteiger partial charge in [-0.05, 0) is 47.0 Å². The van der Waals surface area contributed by atoms with Crippen molar-refractivity contribution in [1.82, 2.24) is 9.71 Å². The van der Waals surface area contributed by atoms with Crippen molar-refractivity contribution < 1.29 is 13.2 Å². The molecule has 0 aliphatic carbocycles. The van der Waals surface area contributed by atoms with E-state index in [2.05, 4.69) is 15.0 Å². The highest BCUT2D eigenvalue weighted by Crippen LogP contribution is 2.28. The van der Waals surface area contributed by atoms with Crippen molar-refractivity contribution in [3.8, 4) is 0 Å². The molecule has 1 amide bonds. The third-order valence-corrected chi connectivity index (χ3v) is 5.88. The molecule has 1 aliphatic heterocycles. The molecular formula is C20H17N3O3S. The van der Waals surface area contributed by atoms with Crippen LogP contribution in [0, 0.1) is 0 Å². The maximum absolute atomic E-state index is 13.0. The molecule has 4 rings (SSSR count). The Morgan fingerprint density at radius 1 is 0.963 bits per heavy atom. The molecule has 1 atom stereocenters. The van der Waals surface area contributed by atoms with Crippen molar-refractivity contribution in [3.05, 3.63) is 89.7 Å². The average Bonchev–Trinajstić information content (AvgIpc) is 3.07. The summed E-state index contributed by atoms with van der Waals surface area (Å²) < 4.78 is 28.9. The average molecular weight is 379 g/mol. The number of sulfonamides is 1. The van der Waals surface area contributed by atoms with Gasteiger partial charge in [-0.3, -0.25) is 9.78 Å². The van der Waals surface area contributed by atoms with Crippen LogP contribution in [-0.4, -0.2) is 19.3 Å². The van der Waals surface area contributed by atoms with Crippen LogP contribution in [0.5, 0.6) is 0 Å². The van der Waals surface area contributed by atoms with E-state index in [1.54, 1.807) is 36.7 Å². The number of nitrogens with zero attached hydrogens (tertiary/aromatic N) is 1. The number of rotatable bonds is 5. The monoisotopic (exact) mass is 379 g/mol. The molecular weight excluding hydrogens is 362 g/mol. The van der Waals surface area contributed by atoms with Gasteiger partial charge in [-0.1, -0.05) is 30.3 Å². The molecule has 0 saturated carbocycles. The van der Waals surface area contributed by atoms with Crippen LogP contribution in [0.3, 0.4) is 0 Å². The predicted octanol–water partition coefficient (Wildman–Crippen LogP) is 2.64. The van der Waals surface area contributed by atoms with Crippen LogP contribution in [-0.2, 0) is 21.2 Å². The normalized spacial score (nSPS) is 14.4. The zero-order chi connectivity index (χ0) is 18.9. The highest BCUT2D eigenvalue weighted by Gasteiger charge is 2.25. The maximum Gasteiger partial charge on any atom is 0.241 e. The number of hydrogen-bond acceptors (Lipinski definition) is 4. The standard InChI is InChI=1S/C20H17N3O3S/c24-19-13-16-12-17(6-7-18(16)22-19)27(25,26)23-20(14-4-2-1-3-5-14)15-8-10-21-11-9-15/h1-12,20,23H,13H2,(H,22,24). The van der Waals surface area contributed by atoms with Gasteiger partial charge in [-0.25, -0.2) is 8.42 Å². The molecule has 0 saturated heterocycles. The van der Waals surface area contributed by atoms with E-state index in [1.807, 2.05) is 30.3 Å². The number of pyridine rings is 1. The molecule has 0 radical (unpaired) electrons. The molecule has 1 unspecified atom stereocenters. The minimum Gasteiger partial charge on any atom is -0.326 e. The van der Waals surface area contributed by atoms with Gasteiger partial charge in [0.25, 0.3) is 0 Å². The van der Waals surface area contributed by atoms with Crippen LogP contribution in [0.2, 0.25) is 0 Å². The summed E-state index contributed by atoms with van der Waals surface area (Å²) in [6, 6.07) is 17.0. The van der Waals surface area contributed by atoms with Crippen molar-refractivity contribution >= 4 is 21.6 Å². The van der Waals surface area contributed by atoms with Gasteiger partial charge in [-0.2, -0.15) is 4.72 Å². The van der Waals surface area contributed by atoms with Gasteiger partial charge in [0.05, 0.1) is 17.4 Å². The van der Waals surface area contributed by atoms with Crippen molar-refractivity contribution in [2.45, 2.75) is 17.4 Å². The minimum absolute atomic E-state index is 0.132. The van der Waals surface area contributed by atoms with E-state index in [1.165, 1.54) is 6.07 Å². The topological polar surface area (TPSA) is 88.2 Å². The number of aromatic nitrogens is 1. The number of carbonyl (C=O) groups is 1. The summed E-state index contributed by atoms with van der Waals surface area (Å²) in [7, 11) is -3.80. The smallest absolute Gasteiger partial charge is 0.241 e. The lowest BCUT2D eigenvalue weighted by atomic mass is 10.0. The third-order valence-electron chi connectivity index (χ3n) is 4.46. The maximum atomic E-state index is 13.0. The highest BCUT2D eigenvalue weighted by atomic mass is 32.2. The molecule has 1 aliphatic rings. The Balaban J connectivity index is 1.71. The van der Waals surface area contributed by atoms with E-state index in [-0.39, 0.29) is 17.2 Å². The van der Waals surface area contributed by atoms with Crippen LogP contribution in [0.15, 0.2) is 78.0 Å². The van der Waals surface area contributed by atoms with Gasteiger partial charge in [0.2, 0.25) is 15.9 Å². The summed E-state index contributed by atoms with van der Waals surface area (Å²) in [4.78, 5) is 15.7. The van der Waals surface area contributed by atoms with Gasteiger partial charge in [-0.15, -0.1) is 0 Å². The van der Waals surface area contributed by atoms with Crippen LogP contribution in [0.4, 0.5) is 5.69 Å². The van der Waals surface area contributed by atoms with Crippen LogP contribution < -0.4 is 10.0 Å². The number of hydrogen-bond donors (Lipinski definition) is 2. The first-order chi connectivity index (χ1) is 13.0. The Labute approximate surface area is 157 Å². The van der Waals surface area contributed by atoms with Gasteiger partial charge >= 0.3 is 0 Å². The minimum atomic E-state index is -3.80. The number of amides is 1. The fourth-order valence-corrected chi connectivity index (χ4v) is 4.39. The summed E-state index contributed by atoms with van der Waals surface area (Å²) in [5, 5.41) is 2.71. The summed E-state index contributed by atoms with van der Waals surface area (Å²) in [6.07, 6.45) is 3.45. The molecule has 6 nitrogen and oxygen atoms in total. The Bertz CT molecular complexity index is 1040. The first-order valence-electron chi connectivity index (χ1n) is 8.43. The van der Waals surface area contributed by atoms with E-state index in [4.69, 9.17) is 0 Å². The lowest BCUT2D eigenvalue weighted by Crippen LogP contribution is -2.29. The highest BCUT2D eigenvalue weighted by molar-refractivity contribution is 7.89. The zero-order valence-corrected chi connectivity index (χ0v) is 15.1. The fourth-order valence-electron chi connectivity index (χ4n) is 3.13. The van der Waals surface area contributed by atoms with Crippen molar-refractivity contribution in [1.29, 1.82) is 0 Å². The Hall–Kier alpha value is -3.03. The number of nitrogens with one attached hydrogen (secondary N) is 2. The van der Waals surface area contributed by atoms with E-state index >= 15 is 0 Å². The van der Waals surface area contributed by atoms with Gasteiger partial charge in [0.15, 0.2) is 0 Å². The van der Waals surface area contributed by atoms with E-state index in [0.29, 0.717) is 11.3 Å². The van der Waals surface area contributed by atoms with Crippen LogP contribution in [0.1, 0.15) is 22.7 Å². The Kier molecular flexibility index (Phi) is 4.47.